The van der Waals surface area contributed by atoms with Crippen LogP contribution in [0.2, 0.25) is 5.02 Å². The van der Waals surface area contributed by atoms with Crippen molar-refractivity contribution in [3.8, 4) is 16.9 Å². The van der Waals surface area contributed by atoms with E-state index < -0.39 is 0 Å². The number of hydrogen-bond acceptors (Lipinski definition) is 2. The molecule has 0 heterocycles. The Morgan fingerprint density at radius 1 is 1.05 bits per heavy atom. The van der Waals surface area contributed by atoms with Crippen molar-refractivity contribution in [2.24, 2.45) is 0 Å². The third-order valence-electron chi connectivity index (χ3n) is 3.22. The van der Waals surface area contributed by atoms with Crippen LogP contribution < -0.4 is 4.74 Å². The van der Waals surface area contributed by atoms with Gasteiger partial charge in [0.2, 0.25) is 0 Å². The van der Waals surface area contributed by atoms with Crippen molar-refractivity contribution in [1.82, 2.24) is 0 Å². The maximum absolute atomic E-state index is 10.8. The van der Waals surface area contributed by atoms with E-state index in [2.05, 4.69) is 0 Å². The highest BCUT2D eigenvalue weighted by atomic mass is 35.5. The maximum Gasteiger partial charge on any atom is 0.137 e. The van der Waals surface area contributed by atoms with Gasteiger partial charge in [0.25, 0.3) is 0 Å². The number of halogens is 1. The van der Waals surface area contributed by atoms with Crippen LogP contribution in [-0.2, 0) is 4.79 Å². The lowest BCUT2D eigenvalue weighted by Crippen LogP contribution is -1.99. The molecule has 0 unspecified atom stereocenters. The second-order valence-corrected chi connectivity index (χ2v) is 5.43. The van der Waals surface area contributed by atoms with Crippen molar-refractivity contribution in [3.63, 3.8) is 0 Å². The van der Waals surface area contributed by atoms with Crippen molar-refractivity contribution in [2.45, 2.75) is 26.2 Å². The number of hydrogen-bond donors (Lipinski definition) is 0. The van der Waals surface area contributed by atoms with E-state index in [1.807, 2.05) is 48.5 Å². The molecule has 3 heteroatoms. The van der Waals surface area contributed by atoms with Crippen LogP contribution in [0.3, 0.4) is 0 Å². The van der Waals surface area contributed by atoms with E-state index in [1.54, 1.807) is 6.92 Å². The van der Waals surface area contributed by atoms with Crippen LogP contribution in [0.15, 0.2) is 48.5 Å². The Balaban J connectivity index is 1.92. The fraction of sp³-hybridized carbons (Fsp3) is 0.278. The van der Waals surface area contributed by atoms with E-state index in [0.717, 1.165) is 24.0 Å². The van der Waals surface area contributed by atoms with Crippen LogP contribution in [0, 0.1) is 0 Å². The molecule has 2 aromatic rings. The maximum atomic E-state index is 10.8. The first-order chi connectivity index (χ1) is 10.2. The van der Waals surface area contributed by atoms with Gasteiger partial charge in [-0.05, 0) is 43.0 Å². The van der Waals surface area contributed by atoms with Gasteiger partial charge in [0, 0.05) is 6.42 Å². The second-order valence-electron chi connectivity index (χ2n) is 5.02. The predicted molar refractivity (Wildman–Crippen MR) is 86.9 cm³/mol. The third-order valence-corrected chi connectivity index (χ3v) is 3.52. The normalized spacial score (nSPS) is 10.4. The second kappa shape index (κ2) is 7.84. The molecule has 2 nitrogen and oxygen atoms in total. The lowest BCUT2D eigenvalue weighted by molar-refractivity contribution is -0.117. The molecule has 0 saturated heterocycles. The van der Waals surface area contributed by atoms with Crippen molar-refractivity contribution in [3.05, 3.63) is 53.6 Å². The zero-order valence-electron chi connectivity index (χ0n) is 12.1. The lowest BCUT2D eigenvalue weighted by Gasteiger charge is -2.09. The molecule has 0 N–H and O–H groups in total. The number of carbonyl (C=O) groups excluding carboxylic acids is 1. The van der Waals surface area contributed by atoms with E-state index in [-0.39, 0.29) is 5.78 Å². The largest absolute Gasteiger partial charge is 0.492 e. The Morgan fingerprint density at radius 2 is 1.81 bits per heavy atom. The van der Waals surface area contributed by atoms with Gasteiger partial charge in [0.15, 0.2) is 0 Å². The SMILES string of the molecule is CC(=O)CCCCOc1ccc(-c2ccccc2)cc1Cl. The fourth-order valence-corrected chi connectivity index (χ4v) is 2.32. The van der Waals surface area contributed by atoms with Crippen molar-refractivity contribution in [1.29, 1.82) is 0 Å². The number of unbranched alkanes of at least 4 members (excludes halogenated alkanes) is 1. The Kier molecular flexibility index (Phi) is 5.82. The third kappa shape index (κ3) is 4.91. The lowest BCUT2D eigenvalue weighted by atomic mass is 10.1. The molecule has 0 aliphatic rings. The molecule has 0 atom stereocenters. The van der Waals surface area contributed by atoms with E-state index in [9.17, 15) is 4.79 Å². The molecular weight excluding hydrogens is 284 g/mol. The zero-order chi connectivity index (χ0) is 15.1. The van der Waals surface area contributed by atoms with E-state index in [0.29, 0.717) is 23.8 Å². The predicted octanol–water partition coefficient (Wildman–Crippen LogP) is 5.15. The summed E-state index contributed by atoms with van der Waals surface area (Å²) < 4.78 is 5.67. The first-order valence-corrected chi connectivity index (χ1v) is 7.52. The highest BCUT2D eigenvalue weighted by Gasteiger charge is 2.05. The summed E-state index contributed by atoms with van der Waals surface area (Å²) in [4.78, 5) is 10.8. The summed E-state index contributed by atoms with van der Waals surface area (Å²) in [5.74, 6) is 0.916. The quantitative estimate of drug-likeness (QED) is 0.662. The molecule has 110 valence electrons. The van der Waals surface area contributed by atoms with Crippen LogP contribution in [0.5, 0.6) is 5.75 Å². The van der Waals surface area contributed by atoms with Gasteiger partial charge in [-0.2, -0.15) is 0 Å². The molecule has 21 heavy (non-hydrogen) atoms. The minimum absolute atomic E-state index is 0.222. The number of benzene rings is 2. The first kappa shape index (κ1) is 15.6. The van der Waals surface area contributed by atoms with E-state index in [1.165, 1.54) is 0 Å². The minimum Gasteiger partial charge on any atom is -0.492 e. The van der Waals surface area contributed by atoms with Gasteiger partial charge in [-0.15, -0.1) is 0 Å². The van der Waals surface area contributed by atoms with Crippen LogP contribution in [-0.4, -0.2) is 12.4 Å². The van der Waals surface area contributed by atoms with Gasteiger partial charge in [0.1, 0.15) is 11.5 Å². The minimum atomic E-state index is 0.222. The number of Topliss-reactive ketones (excluding diaryl/α,β-unsaturated/α-hetero) is 1. The van der Waals surface area contributed by atoms with Gasteiger partial charge in [-0.1, -0.05) is 48.0 Å². The molecule has 0 spiro atoms. The number of rotatable bonds is 7. The molecule has 0 fully saturated rings. The first-order valence-electron chi connectivity index (χ1n) is 7.14. The average molecular weight is 303 g/mol. The molecule has 0 aromatic heterocycles. The fourth-order valence-electron chi connectivity index (χ4n) is 2.09. The summed E-state index contributed by atoms with van der Waals surface area (Å²) in [6.07, 6.45) is 2.33. The molecule has 0 radical (unpaired) electrons. The Morgan fingerprint density at radius 3 is 2.48 bits per heavy atom. The standard InChI is InChI=1S/C18H19ClO2/c1-14(20)7-5-6-12-21-18-11-10-16(13-17(18)19)15-8-3-2-4-9-15/h2-4,8-11,13H,5-7,12H2,1H3. The molecule has 0 aliphatic heterocycles. The molecule has 0 amide bonds. The van der Waals surface area contributed by atoms with Crippen LogP contribution in [0.1, 0.15) is 26.2 Å². The van der Waals surface area contributed by atoms with Crippen LogP contribution in [0.4, 0.5) is 0 Å². The molecule has 2 aromatic carbocycles. The zero-order valence-corrected chi connectivity index (χ0v) is 12.9. The van der Waals surface area contributed by atoms with Gasteiger partial charge in [0.05, 0.1) is 11.6 Å². The van der Waals surface area contributed by atoms with Gasteiger partial charge < -0.3 is 9.53 Å². The highest BCUT2D eigenvalue weighted by molar-refractivity contribution is 6.32. The van der Waals surface area contributed by atoms with E-state index >= 15 is 0 Å². The molecule has 0 aliphatic carbocycles. The van der Waals surface area contributed by atoms with Crippen molar-refractivity contribution >= 4 is 17.4 Å². The summed E-state index contributed by atoms with van der Waals surface area (Å²) in [7, 11) is 0. The number of ether oxygens (including phenoxy) is 1. The number of ketones is 1. The summed E-state index contributed by atoms with van der Waals surface area (Å²) in [5, 5.41) is 0.614. The number of carbonyl (C=O) groups is 1. The van der Waals surface area contributed by atoms with Crippen LogP contribution >= 0.6 is 11.6 Å². The molecule has 0 saturated carbocycles. The molecular formula is C18H19ClO2. The summed E-state index contributed by atoms with van der Waals surface area (Å²) in [6.45, 7) is 2.19. The topological polar surface area (TPSA) is 26.3 Å². The summed E-state index contributed by atoms with van der Waals surface area (Å²) in [5.41, 5.74) is 2.21. The summed E-state index contributed by atoms with van der Waals surface area (Å²) in [6, 6.07) is 15.9. The molecule has 2 rings (SSSR count). The van der Waals surface area contributed by atoms with Gasteiger partial charge in [-0.3, -0.25) is 0 Å². The smallest absolute Gasteiger partial charge is 0.137 e. The Hall–Kier alpha value is -1.80. The van der Waals surface area contributed by atoms with Crippen molar-refractivity contribution < 1.29 is 9.53 Å². The Labute approximate surface area is 130 Å². The Bertz CT molecular complexity index is 593. The monoisotopic (exact) mass is 302 g/mol. The van der Waals surface area contributed by atoms with Crippen molar-refractivity contribution in [2.75, 3.05) is 6.61 Å². The summed E-state index contributed by atoms with van der Waals surface area (Å²) >= 11 is 6.26. The van der Waals surface area contributed by atoms with Gasteiger partial charge >= 0.3 is 0 Å². The van der Waals surface area contributed by atoms with Crippen LogP contribution in [0.25, 0.3) is 11.1 Å². The molecule has 0 bridgehead atoms. The average Bonchev–Trinajstić information content (AvgIpc) is 2.49. The highest BCUT2D eigenvalue weighted by Crippen LogP contribution is 2.30. The van der Waals surface area contributed by atoms with E-state index in [4.69, 9.17) is 16.3 Å². The van der Waals surface area contributed by atoms with Gasteiger partial charge in [-0.25, -0.2) is 0 Å².